The monoisotopic (exact) mass is 711 g/mol. The van der Waals surface area contributed by atoms with Crippen molar-refractivity contribution in [2.24, 2.45) is 17.8 Å². The van der Waals surface area contributed by atoms with Crippen LogP contribution in [0.3, 0.4) is 0 Å². The summed E-state index contributed by atoms with van der Waals surface area (Å²) < 4.78 is 15.8. The van der Waals surface area contributed by atoms with Crippen LogP contribution in [0.2, 0.25) is 0 Å². The zero-order valence-electron chi connectivity index (χ0n) is 29.7. The van der Waals surface area contributed by atoms with Gasteiger partial charge in [0.2, 0.25) is 11.8 Å². The number of aliphatic hydroxyl groups is 1. The van der Waals surface area contributed by atoms with Gasteiger partial charge in [-0.25, -0.2) is 9.59 Å². The molecule has 0 radical (unpaired) electrons. The summed E-state index contributed by atoms with van der Waals surface area (Å²) in [5, 5.41) is 19.3. The molecule has 0 spiro atoms. The molecular weight excluding hydrogens is 666 g/mol. The number of aliphatic hydroxyl groups excluding tert-OH is 1. The van der Waals surface area contributed by atoms with Gasteiger partial charge in [-0.1, -0.05) is 97.6 Å². The summed E-state index contributed by atoms with van der Waals surface area (Å²) >= 11 is 0. The van der Waals surface area contributed by atoms with Crippen molar-refractivity contribution in [3.05, 3.63) is 121 Å². The fourth-order valence-electron chi connectivity index (χ4n) is 7.37. The number of ether oxygens (including phenoxy) is 3. The lowest BCUT2D eigenvalue weighted by molar-refractivity contribution is -0.156. The Bertz CT molecular complexity index is 1680. The molecule has 3 amide bonds. The Morgan fingerprint density at radius 1 is 0.904 bits per heavy atom. The fourth-order valence-corrected chi connectivity index (χ4v) is 7.37. The Labute approximate surface area is 302 Å². The lowest BCUT2D eigenvalue weighted by atomic mass is 9.77. The molecule has 3 aromatic carbocycles. The van der Waals surface area contributed by atoms with Crippen LogP contribution in [0.5, 0.6) is 0 Å². The largest absolute Gasteiger partial charge is 0.464 e. The van der Waals surface area contributed by atoms with Crippen LogP contribution in [0.1, 0.15) is 57.2 Å². The van der Waals surface area contributed by atoms with E-state index in [1.807, 2.05) is 91.0 Å². The molecule has 274 valence electrons. The zero-order valence-corrected chi connectivity index (χ0v) is 29.7. The second-order valence-electron chi connectivity index (χ2n) is 14.0. The lowest BCUT2D eigenvalue weighted by Crippen LogP contribution is -2.62. The predicted octanol–water partition coefficient (Wildman–Crippen LogP) is 4.11. The average molecular weight is 712 g/mol. The Morgan fingerprint density at radius 3 is 1.88 bits per heavy atom. The molecule has 12 heteroatoms. The maximum absolute atomic E-state index is 14.4. The molecule has 0 aromatic heterocycles. The summed E-state index contributed by atoms with van der Waals surface area (Å²) in [7, 11) is 0. The van der Waals surface area contributed by atoms with Crippen LogP contribution >= 0.6 is 0 Å². The number of carbonyl (C=O) groups is 5. The summed E-state index contributed by atoms with van der Waals surface area (Å²) in [4.78, 5) is 68.2. The third-order valence-electron chi connectivity index (χ3n) is 9.42. The minimum atomic E-state index is -1.85. The van der Waals surface area contributed by atoms with Gasteiger partial charge in [-0.05, 0) is 44.4 Å². The Kier molecular flexibility index (Phi) is 11.2. The molecule has 2 fully saturated rings. The standard InChI is InChI=1S/C40H45N3O9/c1-6-50-35(47)32-31-29(44)24-39(33(31)32,36(48)51-7-2)43-34(46)28(41-37(49)52-38(3,4)5)23-30(45)42-40(25-17-11-8-12-18-25,26-19-13-9-14-20-26)27-21-15-10-16-22-27/h6,8-22,28-29,31-33,44H,1,7,23-24H2,2-5H3,(H,41,49)(H,42,45)(H,43,46)/t28?,29-,31-,32-,33-,39+/m0/s1. The van der Waals surface area contributed by atoms with E-state index in [1.165, 1.54) is 0 Å². The van der Waals surface area contributed by atoms with Crippen molar-refractivity contribution in [3.63, 3.8) is 0 Å². The van der Waals surface area contributed by atoms with Gasteiger partial charge in [0.05, 0.1) is 31.3 Å². The molecular formula is C40H45N3O9. The topological polar surface area (TPSA) is 169 Å². The second kappa shape index (κ2) is 15.4. The molecule has 52 heavy (non-hydrogen) atoms. The van der Waals surface area contributed by atoms with Crippen LogP contribution < -0.4 is 16.0 Å². The summed E-state index contributed by atoms with van der Waals surface area (Å²) in [6.07, 6.45) is -2.02. The van der Waals surface area contributed by atoms with E-state index in [1.54, 1.807) is 27.7 Å². The van der Waals surface area contributed by atoms with Crippen LogP contribution in [0.4, 0.5) is 4.79 Å². The fraction of sp³-hybridized carbons (Fsp3) is 0.375. The minimum absolute atomic E-state index is 0.0474. The third-order valence-corrected chi connectivity index (χ3v) is 9.42. The summed E-state index contributed by atoms with van der Waals surface area (Å²) in [5.41, 5.74) is -1.82. The SMILES string of the molecule is C=COC(=O)[C@H]1[C@H]2[C@@H]1[C@@](NC(=O)C(CC(=O)NC(c1ccccc1)(c1ccccc1)c1ccccc1)NC(=O)OC(C)(C)C)(C(=O)OCC)C[C@@H]2O. The predicted molar refractivity (Wildman–Crippen MR) is 190 cm³/mol. The van der Waals surface area contributed by atoms with Crippen LogP contribution in [0, 0.1) is 17.8 Å². The number of benzene rings is 3. The van der Waals surface area contributed by atoms with E-state index in [0.717, 1.165) is 23.0 Å². The van der Waals surface area contributed by atoms with E-state index >= 15 is 0 Å². The van der Waals surface area contributed by atoms with Crippen molar-refractivity contribution in [2.75, 3.05) is 6.61 Å². The van der Waals surface area contributed by atoms with Gasteiger partial charge < -0.3 is 35.3 Å². The van der Waals surface area contributed by atoms with Gasteiger partial charge >= 0.3 is 18.0 Å². The molecule has 5 rings (SSSR count). The van der Waals surface area contributed by atoms with Crippen LogP contribution in [0.15, 0.2) is 104 Å². The Morgan fingerprint density at radius 2 is 1.42 bits per heavy atom. The van der Waals surface area contributed by atoms with Crippen molar-refractivity contribution in [1.82, 2.24) is 16.0 Å². The number of esters is 2. The molecule has 0 saturated heterocycles. The highest BCUT2D eigenvalue weighted by Gasteiger charge is 2.76. The van der Waals surface area contributed by atoms with E-state index in [9.17, 15) is 29.1 Å². The molecule has 0 aliphatic heterocycles. The molecule has 6 atom stereocenters. The van der Waals surface area contributed by atoms with Gasteiger partial charge in [-0.15, -0.1) is 0 Å². The molecule has 12 nitrogen and oxygen atoms in total. The van der Waals surface area contributed by atoms with Crippen LogP contribution in [0.25, 0.3) is 0 Å². The summed E-state index contributed by atoms with van der Waals surface area (Å²) in [5.74, 6) is -5.60. The normalized spacial score (nSPS) is 22.5. The van der Waals surface area contributed by atoms with Crippen LogP contribution in [-0.2, 0) is 38.9 Å². The van der Waals surface area contributed by atoms with Crippen molar-refractivity contribution < 1.29 is 43.3 Å². The minimum Gasteiger partial charge on any atom is -0.464 e. The van der Waals surface area contributed by atoms with E-state index in [4.69, 9.17) is 14.2 Å². The number of alkyl carbamates (subject to hydrolysis) is 1. The maximum Gasteiger partial charge on any atom is 0.408 e. The van der Waals surface area contributed by atoms with Crippen molar-refractivity contribution in [3.8, 4) is 0 Å². The molecule has 2 aliphatic rings. The van der Waals surface area contributed by atoms with E-state index in [0.29, 0.717) is 0 Å². The highest BCUT2D eigenvalue weighted by Crippen LogP contribution is 2.63. The second-order valence-corrected chi connectivity index (χ2v) is 14.0. The summed E-state index contributed by atoms with van der Waals surface area (Å²) in [6.45, 7) is 9.88. The Hall–Kier alpha value is -5.49. The van der Waals surface area contributed by atoms with E-state index in [-0.39, 0.29) is 13.0 Å². The quantitative estimate of drug-likeness (QED) is 0.0883. The third kappa shape index (κ3) is 7.71. The van der Waals surface area contributed by atoms with Crippen molar-refractivity contribution >= 4 is 29.8 Å². The van der Waals surface area contributed by atoms with E-state index < -0.39 is 82.8 Å². The number of fused-ring (bicyclic) bond motifs is 1. The van der Waals surface area contributed by atoms with Gasteiger partial charge in [0.15, 0.2) is 0 Å². The molecule has 1 unspecified atom stereocenters. The number of hydrogen-bond acceptors (Lipinski definition) is 9. The van der Waals surface area contributed by atoms with Crippen molar-refractivity contribution in [2.45, 2.75) is 69.4 Å². The lowest BCUT2D eigenvalue weighted by Gasteiger charge is -2.37. The Balaban J connectivity index is 1.52. The van der Waals surface area contributed by atoms with Gasteiger partial charge in [0.25, 0.3) is 0 Å². The molecule has 2 aliphatic carbocycles. The highest BCUT2D eigenvalue weighted by molar-refractivity contribution is 5.97. The number of nitrogens with one attached hydrogen (secondary N) is 3. The first-order valence-corrected chi connectivity index (χ1v) is 17.2. The first-order chi connectivity index (χ1) is 24.8. The number of hydrogen-bond donors (Lipinski definition) is 4. The first-order valence-electron chi connectivity index (χ1n) is 17.2. The molecule has 2 saturated carbocycles. The van der Waals surface area contributed by atoms with Gasteiger partial charge in [0, 0.05) is 18.3 Å². The molecule has 4 N–H and O–H groups in total. The smallest absolute Gasteiger partial charge is 0.408 e. The van der Waals surface area contributed by atoms with Gasteiger partial charge in [-0.3, -0.25) is 14.4 Å². The highest BCUT2D eigenvalue weighted by atomic mass is 16.6. The van der Waals surface area contributed by atoms with Gasteiger partial charge in [0.1, 0.15) is 22.7 Å². The zero-order chi connectivity index (χ0) is 37.7. The number of rotatable bonds is 13. The average Bonchev–Trinajstić information content (AvgIpc) is 3.81. The first kappa shape index (κ1) is 37.8. The van der Waals surface area contributed by atoms with Gasteiger partial charge in [-0.2, -0.15) is 0 Å². The molecule has 0 bridgehead atoms. The molecule has 0 heterocycles. The van der Waals surface area contributed by atoms with Crippen molar-refractivity contribution in [1.29, 1.82) is 0 Å². The molecule has 3 aromatic rings. The maximum atomic E-state index is 14.4. The number of carbonyl (C=O) groups excluding carboxylic acids is 5. The summed E-state index contributed by atoms with van der Waals surface area (Å²) in [6, 6.07) is 26.5. The van der Waals surface area contributed by atoms with Crippen LogP contribution in [-0.4, -0.2) is 64.8 Å². The number of amides is 3. The van der Waals surface area contributed by atoms with E-state index in [2.05, 4.69) is 22.5 Å².